The lowest BCUT2D eigenvalue weighted by molar-refractivity contribution is -0.125. The van der Waals surface area contributed by atoms with E-state index in [2.05, 4.69) is 55.9 Å². The number of fused-ring (bicyclic) bond motifs is 1. The third kappa shape index (κ3) is 4.43. The number of nitrogens with zero attached hydrogens (tertiary/aromatic N) is 4. The predicted molar refractivity (Wildman–Crippen MR) is 119 cm³/mol. The molecule has 0 spiro atoms. The molecule has 4 rings (SSSR count). The third-order valence-electron chi connectivity index (χ3n) is 5.62. The van der Waals surface area contributed by atoms with Crippen molar-refractivity contribution in [2.75, 3.05) is 30.8 Å². The van der Waals surface area contributed by atoms with E-state index in [1.807, 2.05) is 6.92 Å². The molecule has 3 aromatic rings. The summed E-state index contributed by atoms with van der Waals surface area (Å²) in [5, 5.41) is 8.11. The van der Waals surface area contributed by atoms with Crippen molar-refractivity contribution >= 4 is 34.6 Å². The van der Waals surface area contributed by atoms with Gasteiger partial charge in [0.2, 0.25) is 5.91 Å². The van der Waals surface area contributed by atoms with E-state index in [-0.39, 0.29) is 11.8 Å². The fraction of sp³-hybridized carbons (Fsp3) is 0.455. The zero-order valence-electron chi connectivity index (χ0n) is 17.4. The lowest BCUT2D eigenvalue weighted by atomic mass is 9.96. The zero-order valence-corrected chi connectivity index (χ0v) is 18.2. The minimum atomic E-state index is -0.0485. The number of nitrogens with one attached hydrogen (secondary N) is 1. The molecule has 8 heteroatoms. The Morgan fingerprint density at radius 3 is 2.90 bits per heavy atom. The molecule has 30 heavy (non-hydrogen) atoms. The highest BCUT2D eigenvalue weighted by molar-refractivity contribution is 7.98. The van der Waals surface area contributed by atoms with Gasteiger partial charge < -0.3 is 14.7 Å². The molecule has 158 valence electrons. The average Bonchev–Trinajstić information content (AvgIpc) is 3.23. The number of benzene rings is 1. The van der Waals surface area contributed by atoms with Crippen LogP contribution in [0.4, 0.5) is 5.82 Å². The average molecular weight is 426 g/mol. The van der Waals surface area contributed by atoms with Crippen LogP contribution in [0.3, 0.4) is 0 Å². The van der Waals surface area contributed by atoms with Crippen molar-refractivity contribution in [3.63, 3.8) is 0 Å². The van der Waals surface area contributed by atoms with Gasteiger partial charge in [0, 0.05) is 24.5 Å². The molecule has 1 aromatic carbocycles. The Bertz CT molecular complexity index is 1000. The molecule has 0 aliphatic carbocycles. The maximum atomic E-state index is 12.8. The Morgan fingerprint density at radius 1 is 1.30 bits per heavy atom. The SMILES string of the molecule is CCc1noc2ncnc(N3CCC[C@@H](C(=O)NCCc4ccc(SC)cc4)C3)c12. The molecule has 0 bridgehead atoms. The highest BCUT2D eigenvalue weighted by Gasteiger charge is 2.28. The number of carbonyl (C=O) groups excluding carboxylic acids is 1. The smallest absolute Gasteiger partial charge is 0.263 e. The van der Waals surface area contributed by atoms with Crippen LogP contribution >= 0.6 is 11.8 Å². The highest BCUT2D eigenvalue weighted by atomic mass is 32.2. The van der Waals surface area contributed by atoms with Crippen molar-refractivity contribution in [1.82, 2.24) is 20.4 Å². The van der Waals surface area contributed by atoms with E-state index in [4.69, 9.17) is 4.52 Å². The molecule has 2 aromatic heterocycles. The minimum absolute atomic E-state index is 0.0485. The summed E-state index contributed by atoms with van der Waals surface area (Å²) < 4.78 is 5.35. The van der Waals surface area contributed by atoms with Crippen LogP contribution in [0.15, 0.2) is 40.0 Å². The first-order chi connectivity index (χ1) is 14.7. The Labute approximate surface area is 180 Å². The van der Waals surface area contributed by atoms with E-state index in [0.29, 0.717) is 18.8 Å². The number of rotatable bonds is 7. The first-order valence-electron chi connectivity index (χ1n) is 10.4. The van der Waals surface area contributed by atoms with Crippen LogP contribution in [0.2, 0.25) is 0 Å². The maximum absolute atomic E-state index is 12.8. The monoisotopic (exact) mass is 425 g/mol. The summed E-state index contributed by atoms with van der Waals surface area (Å²) in [4.78, 5) is 24.9. The number of aromatic nitrogens is 3. The van der Waals surface area contributed by atoms with Gasteiger partial charge in [-0.05, 0) is 49.6 Å². The van der Waals surface area contributed by atoms with Crippen LogP contribution < -0.4 is 10.2 Å². The first kappa shape index (κ1) is 20.7. The van der Waals surface area contributed by atoms with Crippen LogP contribution in [0.1, 0.15) is 31.0 Å². The molecule has 1 atom stereocenters. The maximum Gasteiger partial charge on any atom is 0.263 e. The van der Waals surface area contributed by atoms with Gasteiger partial charge in [-0.1, -0.05) is 24.2 Å². The number of hydrogen-bond acceptors (Lipinski definition) is 7. The van der Waals surface area contributed by atoms with Gasteiger partial charge >= 0.3 is 0 Å². The number of aryl methyl sites for hydroxylation is 1. The third-order valence-corrected chi connectivity index (χ3v) is 6.37. The second-order valence-corrected chi connectivity index (χ2v) is 8.41. The number of amides is 1. The summed E-state index contributed by atoms with van der Waals surface area (Å²) in [5.41, 5.74) is 2.61. The van der Waals surface area contributed by atoms with Crippen molar-refractivity contribution in [1.29, 1.82) is 0 Å². The fourth-order valence-electron chi connectivity index (χ4n) is 3.96. The van der Waals surface area contributed by atoms with E-state index in [9.17, 15) is 4.79 Å². The van der Waals surface area contributed by atoms with Crippen molar-refractivity contribution < 1.29 is 9.32 Å². The number of anilines is 1. The Balaban J connectivity index is 1.38. The predicted octanol–water partition coefficient (Wildman–Crippen LogP) is 3.48. The summed E-state index contributed by atoms with van der Waals surface area (Å²) in [5.74, 6) is 0.892. The van der Waals surface area contributed by atoms with E-state index < -0.39 is 0 Å². The van der Waals surface area contributed by atoms with Crippen molar-refractivity contribution in [3.8, 4) is 0 Å². The molecule has 0 radical (unpaired) electrons. The molecule has 0 unspecified atom stereocenters. The summed E-state index contributed by atoms with van der Waals surface area (Å²) in [6.07, 6.45) is 7.01. The molecule has 1 fully saturated rings. The van der Waals surface area contributed by atoms with Gasteiger partial charge in [0.15, 0.2) is 0 Å². The van der Waals surface area contributed by atoms with E-state index >= 15 is 0 Å². The number of piperidine rings is 1. The van der Waals surface area contributed by atoms with Crippen molar-refractivity contribution in [2.45, 2.75) is 37.5 Å². The highest BCUT2D eigenvalue weighted by Crippen LogP contribution is 2.30. The Hall–Kier alpha value is -2.61. The second-order valence-electron chi connectivity index (χ2n) is 7.53. The number of thioether (sulfide) groups is 1. The quantitative estimate of drug-likeness (QED) is 0.580. The second kappa shape index (κ2) is 9.47. The van der Waals surface area contributed by atoms with Crippen LogP contribution in [-0.2, 0) is 17.6 Å². The standard InChI is InChI=1S/C22H27N5O2S/c1-3-18-19-20(24-14-25-22(19)29-26-18)27-12-4-5-16(13-27)21(28)23-11-10-15-6-8-17(30-2)9-7-15/h6-9,14,16H,3-5,10-13H2,1-2H3,(H,23,28)/t16-/m1/s1. The van der Waals surface area contributed by atoms with Crippen LogP contribution in [0.5, 0.6) is 0 Å². The molecule has 1 amide bonds. The molecule has 3 heterocycles. The van der Waals surface area contributed by atoms with Gasteiger partial charge in [-0.2, -0.15) is 4.98 Å². The lowest BCUT2D eigenvalue weighted by Gasteiger charge is -2.33. The number of hydrogen-bond donors (Lipinski definition) is 1. The van der Waals surface area contributed by atoms with Crippen LogP contribution in [0, 0.1) is 5.92 Å². The molecule has 1 saturated heterocycles. The Morgan fingerprint density at radius 2 is 2.13 bits per heavy atom. The lowest BCUT2D eigenvalue weighted by Crippen LogP contribution is -2.44. The molecule has 1 aliphatic rings. The molecule has 1 aliphatic heterocycles. The minimum Gasteiger partial charge on any atom is -0.355 e. The van der Waals surface area contributed by atoms with Gasteiger partial charge in [-0.25, -0.2) is 4.98 Å². The first-order valence-corrected chi connectivity index (χ1v) is 11.7. The van der Waals surface area contributed by atoms with Gasteiger partial charge in [-0.15, -0.1) is 11.8 Å². The molecule has 0 saturated carbocycles. The van der Waals surface area contributed by atoms with E-state index in [1.165, 1.54) is 16.8 Å². The van der Waals surface area contributed by atoms with Gasteiger partial charge in [-0.3, -0.25) is 4.79 Å². The normalized spacial score (nSPS) is 16.7. The molecule has 7 nitrogen and oxygen atoms in total. The number of carbonyl (C=O) groups is 1. The van der Waals surface area contributed by atoms with Crippen LogP contribution in [-0.4, -0.2) is 46.9 Å². The Kier molecular flexibility index (Phi) is 6.52. The van der Waals surface area contributed by atoms with Gasteiger partial charge in [0.05, 0.1) is 11.6 Å². The van der Waals surface area contributed by atoms with Crippen molar-refractivity contribution in [3.05, 3.63) is 41.9 Å². The molecule has 1 N–H and O–H groups in total. The van der Waals surface area contributed by atoms with E-state index in [0.717, 1.165) is 49.1 Å². The molecular weight excluding hydrogens is 398 g/mol. The molecular formula is C22H27N5O2S. The fourth-order valence-corrected chi connectivity index (χ4v) is 4.37. The summed E-state index contributed by atoms with van der Waals surface area (Å²) in [7, 11) is 0. The largest absolute Gasteiger partial charge is 0.355 e. The van der Waals surface area contributed by atoms with Crippen molar-refractivity contribution in [2.24, 2.45) is 5.92 Å². The van der Waals surface area contributed by atoms with Gasteiger partial charge in [0.1, 0.15) is 17.5 Å². The summed E-state index contributed by atoms with van der Waals surface area (Å²) >= 11 is 1.73. The van der Waals surface area contributed by atoms with E-state index in [1.54, 1.807) is 11.8 Å². The van der Waals surface area contributed by atoms with Gasteiger partial charge in [0.25, 0.3) is 5.71 Å². The van der Waals surface area contributed by atoms with Crippen LogP contribution in [0.25, 0.3) is 11.1 Å². The topological polar surface area (TPSA) is 84.2 Å². The summed E-state index contributed by atoms with van der Waals surface area (Å²) in [6, 6.07) is 8.51. The zero-order chi connectivity index (χ0) is 20.9. The summed E-state index contributed by atoms with van der Waals surface area (Å²) in [6.45, 7) is 4.20.